The van der Waals surface area contributed by atoms with Crippen LogP contribution in [0.15, 0.2) is 0 Å². The molecule has 5 heteroatoms. The maximum atomic E-state index is 5.32. The lowest BCUT2D eigenvalue weighted by molar-refractivity contribution is 0.193. The molecule has 0 spiro atoms. The van der Waals surface area contributed by atoms with Gasteiger partial charge in [0.1, 0.15) is 5.82 Å². The fraction of sp³-hybridized carbons (Fsp3) is 0.778. The smallest absolute Gasteiger partial charge is 0.202 e. The summed E-state index contributed by atoms with van der Waals surface area (Å²) in [7, 11) is 0. The predicted octanol–water partition coefficient (Wildman–Crippen LogP) is 1.62. The molecule has 0 radical (unpaired) electrons. The molecule has 2 fully saturated rings. The number of nitrogens with one attached hydrogen (secondary N) is 1. The molecular formula is C9H13N3OS. The van der Waals surface area contributed by atoms with Gasteiger partial charge in [-0.3, -0.25) is 0 Å². The second-order valence-corrected chi connectivity index (χ2v) is 4.69. The molecule has 1 aromatic heterocycles. The molecule has 1 atom stereocenters. The molecule has 4 nitrogen and oxygen atoms in total. The van der Waals surface area contributed by atoms with Crippen LogP contribution >= 0.6 is 11.5 Å². The Bertz CT molecular complexity index is 318. The summed E-state index contributed by atoms with van der Waals surface area (Å²) >= 11 is 1.48. The van der Waals surface area contributed by atoms with Gasteiger partial charge in [0.2, 0.25) is 5.13 Å². The minimum absolute atomic E-state index is 0.431. The predicted molar refractivity (Wildman–Crippen MR) is 54.7 cm³/mol. The highest BCUT2D eigenvalue weighted by atomic mass is 32.1. The van der Waals surface area contributed by atoms with E-state index >= 15 is 0 Å². The van der Waals surface area contributed by atoms with Crippen molar-refractivity contribution in [3.8, 4) is 0 Å². The summed E-state index contributed by atoms with van der Waals surface area (Å²) < 4.78 is 9.69. The van der Waals surface area contributed by atoms with Crippen LogP contribution < -0.4 is 5.32 Å². The zero-order valence-electron chi connectivity index (χ0n) is 7.90. The molecule has 2 aliphatic rings. The van der Waals surface area contributed by atoms with Crippen molar-refractivity contribution in [3.05, 3.63) is 5.82 Å². The molecule has 0 amide bonds. The molecule has 2 heterocycles. The van der Waals surface area contributed by atoms with Crippen LogP contribution in [0.2, 0.25) is 0 Å². The zero-order valence-corrected chi connectivity index (χ0v) is 8.72. The van der Waals surface area contributed by atoms with Crippen molar-refractivity contribution in [1.29, 1.82) is 0 Å². The van der Waals surface area contributed by atoms with Gasteiger partial charge in [0, 0.05) is 30.1 Å². The van der Waals surface area contributed by atoms with E-state index in [1.165, 1.54) is 24.4 Å². The highest BCUT2D eigenvalue weighted by molar-refractivity contribution is 7.09. The number of rotatable bonds is 3. The minimum Gasteiger partial charge on any atom is -0.381 e. The molecule has 1 saturated carbocycles. The summed E-state index contributed by atoms with van der Waals surface area (Å²) in [5.74, 6) is 1.40. The Hall–Kier alpha value is -0.680. The Morgan fingerprint density at radius 2 is 2.29 bits per heavy atom. The van der Waals surface area contributed by atoms with Gasteiger partial charge < -0.3 is 10.1 Å². The van der Waals surface area contributed by atoms with Crippen LogP contribution in [0, 0.1) is 0 Å². The molecule has 1 aliphatic carbocycles. The van der Waals surface area contributed by atoms with Gasteiger partial charge in [0.05, 0.1) is 6.61 Å². The summed E-state index contributed by atoms with van der Waals surface area (Å²) in [6, 6.07) is 0.663. The van der Waals surface area contributed by atoms with Gasteiger partial charge >= 0.3 is 0 Å². The van der Waals surface area contributed by atoms with Crippen LogP contribution in [-0.2, 0) is 4.74 Å². The normalized spacial score (nSPS) is 26.7. The van der Waals surface area contributed by atoms with Crippen LogP contribution in [-0.4, -0.2) is 28.6 Å². The van der Waals surface area contributed by atoms with Crippen molar-refractivity contribution in [3.63, 3.8) is 0 Å². The molecule has 3 rings (SSSR count). The molecule has 1 aliphatic heterocycles. The molecule has 1 aromatic rings. The lowest BCUT2D eigenvalue weighted by Crippen LogP contribution is -2.02. The van der Waals surface area contributed by atoms with Crippen LogP contribution in [0.4, 0.5) is 5.13 Å². The molecule has 14 heavy (non-hydrogen) atoms. The second-order valence-electron chi connectivity index (χ2n) is 3.94. The number of hydrogen-bond donors (Lipinski definition) is 1. The van der Waals surface area contributed by atoms with Crippen molar-refractivity contribution in [2.75, 3.05) is 18.5 Å². The molecule has 1 N–H and O–H groups in total. The van der Waals surface area contributed by atoms with Gasteiger partial charge in [-0.1, -0.05) is 0 Å². The lowest BCUT2D eigenvalue weighted by Gasteiger charge is -1.99. The average Bonchev–Trinajstić information content (AvgIpc) is 2.71. The summed E-state index contributed by atoms with van der Waals surface area (Å²) in [4.78, 5) is 4.49. The van der Waals surface area contributed by atoms with E-state index in [9.17, 15) is 0 Å². The van der Waals surface area contributed by atoms with E-state index in [2.05, 4.69) is 14.7 Å². The van der Waals surface area contributed by atoms with E-state index in [0.29, 0.717) is 12.0 Å². The first kappa shape index (κ1) is 8.61. The average molecular weight is 211 g/mol. The topological polar surface area (TPSA) is 47.0 Å². The van der Waals surface area contributed by atoms with Crippen molar-refractivity contribution < 1.29 is 4.74 Å². The maximum absolute atomic E-state index is 5.32. The standard InChI is InChI=1S/C9H13N3OS/c1-2-7(1)10-9-11-8(12-14-9)6-3-4-13-5-6/h6-7H,1-5H2,(H,10,11,12). The minimum atomic E-state index is 0.431. The summed E-state index contributed by atoms with van der Waals surface area (Å²) in [5.41, 5.74) is 0. The van der Waals surface area contributed by atoms with Gasteiger partial charge in [-0.05, 0) is 19.3 Å². The fourth-order valence-electron chi connectivity index (χ4n) is 1.60. The molecular weight excluding hydrogens is 198 g/mol. The summed E-state index contributed by atoms with van der Waals surface area (Å²) in [5, 5.41) is 4.34. The third kappa shape index (κ3) is 1.74. The van der Waals surface area contributed by atoms with E-state index in [-0.39, 0.29) is 0 Å². The number of aromatic nitrogens is 2. The Kier molecular flexibility index (Phi) is 2.14. The van der Waals surface area contributed by atoms with Gasteiger partial charge in [0.25, 0.3) is 0 Å². The van der Waals surface area contributed by atoms with Crippen LogP contribution in [0.25, 0.3) is 0 Å². The first-order valence-electron chi connectivity index (χ1n) is 5.10. The Morgan fingerprint density at radius 3 is 3.00 bits per heavy atom. The first-order valence-corrected chi connectivity index (χ1v) is 5.87. The van der Waals surface area contributed by atoms with Crippen molar-refractivity contribution in [2.45, 2.75) is 31.2 Å². The lowest BCUT2D eigenvalue weighted by atomic mass is 10.1. The van der Waals surface area contributed by atoms with Gasteiger partial charge in [0.15, 0.2) is 0 Å². The molecule has 1 saturated heterocycles. The van der Waals surface area contributed by atoms with Crippen molar-refractivity contribution in [1.82, 2.24) is 9.36 Å². The quantitative estimate of drug-likeness (QED) is 0.825. The summed E-state index contributed by atoms with van der Waals surface area (Å²) in [6.07, 6.45) is 3.63. The third-order valence-electron chi connectivity index (χ3n) is 2.64. The largest absolute Gasteiger partial charge is 0.381 e. The Balaban J connectivity index is 1.68. The highest BCUT2D eigenvalue weighted by Gasteiger charge is 2.25. The van der Waals surface area contributed by atoms with E-state index in [1.54, 1.807) is 0 Å². The number of nitrogens with zero attached hydrogens (tertiary/aromatic N) is 2. The van der Waals surface area contributed by atoms with Gasteiger partial charge in [-0.25, -0.2) is 4.98 Å². The maximum Gasteiger partial charge on any atom is 0.202 e. The second kappa shape index (κ2) is 3.47. The molecule has 0 aromatic carbocycles. The fourth-order valence-corrected chi connectivity index (χ4v) is 2.32. The van der Waals surface area contributed by atoms with Crippen molar-refractivity contribution in [2.24, 2.45) is 0 Å². The first-order chi connectivity index (χ1) is 6.92. The monoisotopic (exact) mass is 211 g/mol. The van der Waals surface area contributed by atoms with E-state index in [0.717, 1.165) is 30.6 Å². The Morgan fingerprint density at radius 1 is 1.36 bits per heavy atom. The van der Waals surface area contributed by atoms with Crippen LogP contribution in [0.5, 0.6) is 0 Å². The molecule has 76 valence electrons. The van der Waals surface area contributed by atoms with Gasteiger partial charge in [-0.2, -0.15) is 4.37 Å². The van der Waals surface area contributed by atoms with E-state index < -0.39 is 0 Å². The Labute approximate surface area is 86.9 Å². The van der Waals surface area contributed by atoms with Crippen molar-refractivity contribution >= 4 is 16.7 Å². The summed E-state index contributed by atoms with van der Waals surface area (Å²) in [6.45, 7) is 1.65. The third-order valence-corrected chi connectivity index (χ3v) is 3.30. The SMILES string of the molecule is C1CC(c2nsc(NC3CC3)n2)CO1. The van der Waals surface area contributed by atoms with Crippen LogP contribution in [0.1, 0.15) is 31.0 Å². The molecule has 1 unspecified atom stereocenters. The molecule has 0 bridgehead atoms. The highest BCUT2D eigenvalue weighted by Crippen LogP contribution is 2.29. The number of hydrogen-bond acceptors (Lipinski definition) is 5. The van der Waals surface area contributed by atoms with Crippen LogP contribution in [0.3, 0.4) is 0 Å². The van der Waals surface area contributed by atoms with E-state index in [1.807, 2.05) is 0 Å². The number of anilines is 1. The number of ether oxygens (including phenoxy) is 1. The van der Waals surface area contributed by atoms with E-state index in [4.69, 9.17) is 4.74 Å². The zero-order chi connectivity index (χ0) is 9.38. The van der Waals surface area contributed by atoms with Gasteiger partial charge in [-0.15, -0.1) is 0 Å².